The van der Waals surface area contributed by atoms with Crippen molar-refractivity contribution in [2.45, 2.75) is 25.7 Å². The van der Waals surface area contributed by atoms with Crippen molar-refractivity contribution in [3.8, 4) is 5.75 Å². The van der Waals surface area contributed by atoms with E-state index >= 15 is 0 Å². The lowest BCUT2D eigenvalue weighted by molar-refractivity contribution is 0.247. The van der Waals surface area contributed by atoms with Crippen LogP contribution < -0.4 is 15.4 Å². The van der Waals surface area contributed by atoms with Crippen LogP contribution in [0.4, 0.5) is 14.9 Å². The Bertz CT molecular complexity index is 718. The molecule has 0 radical (unpaired) electrons. The van der Waals surface area contributed by atoms with Crippen molar-refractivity contribution in [1.29, 1.82) is 0 Å². The smallest absolute Gasteiger partial charge is 0.319 e. The molecule has 0 unspecified atom stereocenters. The summed E-state index contributed by atoms with van der Waals surface area (Å²) >= 11 is 0. The largest absolute Gasteiger partial charge is 0.492 e. The van der Waals surface area contributed by atoms with Crippen LogP contribution in [0.25, 0.3) is 0 Å². The normalized spacial score (nSPS) is 13.0. The van der Waals surface area contributed by atoms with E-state index in [9.17, 15) is 9.18 Å². The van der Waals surface area contributed by atoms with Crippen LogP contribution in [0.3, 0.4) is 0 Å². The second kappa shape index (κ2) is 7.81. The van der Waals surface area contributed by atoms with Gasteiger partial charge in [0.2, 0.25) is 0 Å². The molecule has 126 valence electrons. The van der Waals surface area contributed by atoms with E-state index in [-0.39, 0.29) is 5.69 Å². The summed E-state index contributed by atoms with van der Waals surface area (Å²) in [7, 11) is 0. The zero-order valence-corrected chi connectivity index (χ0v) is 13.5. The Kier molecular flexibility index (Phi) is 5.31. The summed E-state index contributed by atoms with van der Waals surface area (Å²) in [4.78, 5) is 11.7. The number of hydrogen-bond acceptors (Lipinski definition) is 2. The molecular formula is C19H21FN2O2. The van der Waals surface area contributed by atoms with E-state index in [1.807, 2.05) is 6.07 Å². The maximum atomic E-state index is 13.4. The average molecular weight is 328 g/mol. The number of urea groups is 1. The Morgan fingerprint density at radius 1 is 1.08 bits per heavy atom. The second-order valence-electron chi connectivity index (χ2n) is 5.85. The van der Waals surface area contributed by atoms with Crippen LogP contribution in [-0.2, 0) is 12.8 Å². The van der Waals surface area contributed by atoms with Crippen LogP contribution in [0, 0.1) is 5.82 Å². The highest BCUT2D eigenvalue weighted by molar-refractivity contribution is 5.89. The predicted molar refractivity (Wildman–Crippen MR) is 92.0 cm³/mol. The summed E-state index contributed by atoms with van der Waals surface area (Å²) in [5, 5.41) is 5.12. The standard InChI is InChI=1S/C19H21FN2O2/c20-17-7-3-4-8-18(17)22-19(23)21-11-12-24-16-10-9-14-5-1-2-6-15(14)13-16/h3-4,7-10,13H,1-2,5-6,11-12H2,(H2,21,22,23). The number of halogens is 1. The monoisotopic (exact) mass is 328 g/mol. The maximum absolute atomic E-state index is 13.4. The Balaban J connectivity index is 1.42. The third kappa shape index (κ3) is 4.25. The second-order valence-corrected chi connectivity index (χ2v) is 5.85. The number of carbonyl (C=O) groups excluding carboxylic acids is 1. The molecule has 0 bridgehead atoms. The molecule has 0 fully saturated rings. The van der Waals surface area contributed by atoms with Gasteiger partial charge in [-0.15, -0.1) is 0 Å². The van der Waals surface area contributed by atoms with Gasteiger partial charge in [-0.25, -0.2) is 9.18 Å². The number of fused-ring (bicyclic) bond motifs is 1. The van der Waals surface area contributed by atoms with Crippen LogP contribution in [-0.4, -0.2) is 19.2 Å². The summed E-state index contributed by atoms with van der Waals surface area (Å²) in [5.41, 5.74) is 2.94. The van der Waals surface area contributed by atoms with Crippen LogP contribution in [0.15, 0.2) is 42.5 Å². The number of hydrogen-bond donors (Lipinski definition) is 2. The molecule has 0 aliphatic heterocycles. The van der Waals surface area contributed by atoms with Crippen molar-refractivity contribution in [1.82, 2.24) is 5.32 Å². The van der Waals surface area contributed by atoms with Crippen molar-refractivity contribution < 1.29 is 13.9 Å². The SMILES string of the molecule is O=C(NCCOc1ccc2c(c1)CCCC2)Nc1ccccc1F. The maximum Gasteiger partial charge on any atom is 0.319 e. The van der Waals surface area contributed by atoms with E-state index in [0.717, 1.165) is 18.6 Å². The molecule has 5 heteroatoms. The molecule has 0 saturated carbocycles. The van der Waals surface area contributed by atoms with E-state index in [4.69, 9.17) is 4.74 Å². The van der Waals surface area contributed by atoms with E-state index in [1.54, 1.807) is 12.1 Å². The predicted octanol–water partition coefficient (Wildman–Crippen LogP) is 3.91. The first-order chi connectivity index (χ1) is 11.7. The molecule has 1 aliphatic rings. The van der Waals surface area contributed by atoms with Gasteiger partial charge in [0.1, 0.15) is 18.2 Å². The van der Waals surface area contributed by atoms with Crippen molar-refractivity contribution in [3.05, 3.63) is 59.4 Å². The lowest BCUT2D eigenvalue weighted by atomic mass is 9.92. The first-order valence-corrected chi connectivity index (χ1v) is 8.26. The van der Waals surface area contributed by atoms with Gasteiger partial charge in [-0.2, -0.15) is 0 Å². The molecule has 2 aromatic carbocycles. The van der Waals surface area contributed by atoms with E-state index < -0.39 is 11.8 Å². The molecular weight excluding hydrogens is 307 g/mol. The summed E-state index contributed by atoms with van der Waals surface area (Å²) in [6.45, 7) is 0.709. The van der Waals surface area contributed by atoms with Crippen molar-refractivity contribution in [2.75, 3.05) is 18.5 Å². The molecule has 4 nitrogen and oxygen atoms in total. The number of ether oxygens (including phenoxy) is 1. The van der Waals surface area contributed by atoms with Crippen molar-refractivity contribution >= 4 is 11.7 Å². The zero-order valence-electron chi connectivity index (χ0n) is 13.5. The molecule has 0 spiro atoms. The summed E-state index contributed by atoms with van der Waals surface area (Å²) < 4.78 is 19.1. The first kappa shape index (κ1) is 16.3. The van der Waals surface area contributed by atoms with Gasteiger partial charge in [-0.1, -0.05) is 18.2 Å². The highest BCUT2D eigenvalue weighted by Crippen LogP contribution is 2.25. The molecule has 1 aliphatic carbocycles. The van der Waals surface area contributed by atoms with Crippen LogP contribution >= 0.6 is 0 Å². The fourth-order valence-corrected chi connectivity index (χ4v) is 2.86. The van der Waals surface area contributed by atoms with Gasteiger partial charge in [0.05, 0.1) is 12.2 Å². The number of benzene rings is 2. The fourth-order valence-electron chi connectivity index (χ4n) is 2.86. The Labute approximate surface area is 141 Å². The Hall–Kier alpha value is -2.56. The van der Waals surface area contributed by atoms with Crippen LogP contribution in [0.5, 0.6) is 5.75 Å². The summed E-state index contributed by atoms with van der Waals surface area (Å²) in [5.74, 6) is 0.366. The van der Waals surface area contributed by atoms with Gasteiger partial charge < -0.3 is 15.4 Å². The number of rotatable bonds is 5. The molecule has 3 rings (SSSR count). The molecule has 0 atom stereocenters. The lowest BCUT2D eigenvalue weighted by Gasteiger charge is -2.17. The summed E-state index contributed by atoms with van der Waals surface area (Å²) in [6, 6.07) is 11.8. The molecule has 0 saturated heterocycles. The van der Waals surface area contributed by atoms with Crippen molar-refractivity contribution in [2.24, 2.45) is 0 Å². The third-order valence-electron chi connectivity index (χ3n) is 4.10. The van der Waals surface area contributed by atoms with Crippen LogP contribution in [0.2, 0.25) is 0 Å². The molecule has 2 aromatic rings. The molecule has 2 amide bonds. The van der Waals surface area contributed by atoms with Crippen LogP contribution in [0.1, 0.15) is 24.0 Å². The molecule has 24 heavy (non-hydrogen) atoms. The number of carbonyl (C=O) groups is 1. The number of amides is 2. The van der Waals surface area contributed by atoms with Crippen molar-refractivity contribution in [3.63, 3.8) is 0 Å². The number of para-hydroxylation sites is 1. The molecule has 2 N–H and O–H groups in total. The van der Waals surface area contributed by atoms with E-state index in [0.29, 0.717) is 13.2 Å². The highest BCUT2D eigenvalue weighted by Gasteiger charge is 2.10. The first-order valence-electron chi connectivity index (χ1n) is 8.26. The topological polar surface area (TPSA) is 50.4 Å². The number of nitrogens with one attached hydrogen (secondary N) is 2. The fraction of sp³-hybridized carbons (Fsp3) is 0.316. The van der Waals surface area contributed by atoms with Gasteiger partial charge in [0, 0.05) is 0 Å². The minimum atomic E-state index is -0.460. The van der Waals surface area contributed by atoms with Gasteiger partial charge in [0.25, 0.3) is 0 Å². The highest BCUT2D eigenvalue weighted by atomic mass is 19.1. The zero-order chi connectivity index (χ0) is 16.8. The minimum absolute atomic E-state index is 0.158. The van der Waals surface area contributed by atoms with E-state index in [1.165, 1.54) is 36.1 Å². The Morgan fingerprint density at radius 2 is 1.88 bits per heavy atom. The Morgan fingerprint density at radius 3 is 2.71 bits per heavy atom. The number of anilines is 1. The average Bonchev–Trinajstić information content (AvgIpc) is 2.60. The van der Waals surface area contributed by atoms with E-state index in [2.05, 4.69) is 22.8 Å². The molecule has 0 aromatic heterocycles. The quantitative estimate of drug-likeness (QED) is 0.818. The minimum Gasteiger partial charge on any atom is -0.492 e. The lowest BCUT2D eigenvalue weighted by Crippen LogP contribution is -2.32. The summed E-state index contributed by atoms with van der Waals surface area (Å²) in [6.07, 6.45) is 4.74. The van der Waals surface area contributed by atoms with Gasteiger partial charge in [0.15, 0.2) is 0 Å². The number of aryl methyl sites for hydroxylation is 2. The van der Waals surface area contributed by atoms with Gasteiger partial charge in [-0.3, -0.25) is 0 Å². The molecule has 0 heterocycles. The van der Waals surface area contributed by atoms with Gasteiger partial charge >= 0.3 is 6.03 Å². The third-order valence-corrected chi connectivity index (χ3v) is 4.10. The van der Waals surface area contributed by atoms with Gasteiger partial charge in [-0.05, 0) is 61.1 Å².